The average molecular weight is 274 g/mol. The van der Waals surface area contributed by atoms with Gasteiger partial charge in [0.25, 0.3) is 0 Å². The average Bonchev–Trinajstić information content (AvgIpc) is 3.09. The van der Waals surface area contributed by atoms with Gasteiger partial charge >= 0.3 is 0 Å². The van der Waals surface area contributed by atoms with E-state index in [0.717, 1.165) is 24.1 Å². The molecule has 0 spiro atoms. The first-order chi connectivity index (χ1) is 9.74. The van der Waals surface area contributed by atoms with Gasteiger partial charge in [-0.05, 0) is 52.4 Å². The van der Waals surface area contributed by atoms with E-state index in [1.54, 1.807) is 0 Å². The summed E-state index contributed by atoms with van der Waals surface area (Å²) in [6.07, 6.45) is 9.99. The Labute approximate surface area is 122 Å². The van der Waals surface area contributed by atoms with Crippen molar-refractivity contribution in [2.75, 3.05) is 20.6 Å². The molecule has 0 aromatic carbocycles. The van der Waals surface area contributed by atoms with E-state index >= 15 is 0 Å². The van der Waals surface area contributed by atoms with Gasteiger partial charge in [0.15, 0.2) is 0 Å². The topological polar surface area (TPSA) is 32.3 Å². The molecule has 2 fully saturated rings. The summed E-state index contributed by atoms with van der Waals surface area (Å²) in [5.74, 6) is 1.05. The summed E-state index contributed by atoms with van der Waals surface area (Å²) >= 11 is 0. The maximum atomic E-state index is 4.82. The summed E-state index contributed by atoms with van der Waals surface area (Å²) < 4.78 is 0. The smallest absolute Gasteiger partial charge is 0.145 e. The fraction of sp³-hybridized carbons (Fsp3) is 0.750. The predicted molar refractivity (Wildman–Crippen MR) is 80.4 cm³/mol. The molecule has 1 aromatic rings. The van der Waals surface area contributed by atoms with Crippen LogP contribution in [0.2, 0.25) is 0 Å². The lowest BCUT2D eigenvalue weighted by molar-refractivity contribution is 0.176. The van der Waals surface area contributed by atoms with Crippen molar-refractivity contribution in [3.63, 3.8) is 0 Å². The highest BCUT2D eigenvalue weighted by Crippen LogP contribution is 2.36. The number of likely N-dealkylation sites (tertiary alicyclic amines) is 1. The van der Waals surface area contributed by atoms with Crippen molar-refractivity contribution in [2.45, 2.75) is 57.2 Å². The van der Waals surface area contributed by atoms with E-state index in [1.165, 1.54) is 45.1 Å². The zero-order valence-corrected chi connectivity index (χ0v) is 12.8. The second-order valence-electron chi connectivity index (χ2n) is 6.48. The van der Waals surface area contributed by atoms with E-state index in [9.17, 15) is 0 Å². The van der Waals surface area contributed by atoms with Crippen molar-refractivity contribution < 1.29 is 0 Å². The Morgan fingerprint density at radius 3 is 2.75 bits per heavy atom. The van der Waals surface area contributed by atoms with Crippen LogP contribution >= 0.6 is 0 Å². The van der Waals surface area contributed by atoms with Gasteiger partial charge in [-0.3, -0.25) is 4.90 Å². The standard InChI is InChI=1S/C16H26N4/c1-19(2)12-13-9-10-17-16(18-13)15-8-5-11-20(15)14-6-3-4-7-14/h9-10,14-15H,3-8,11-12H2,1-2H3/t15-/m1/s1. The van der Waals surface area contributed by atoms with Crippen LogP contribution < -0.4 is 0 Å². The highest BCUT2D eigenvalue weighted by molar-refractivity contribution is 5.07. The van der Waals surface area contributed by atoms with Gasteiger partial charge in [0.1, 0.15) is 5.82 Å². The number of hydrogen-bond donors (Lipinski definition) is 0. The maximum absolute atomic E-state index is 4.82. The number of hydrogen-bond acceptors (Lipinski definition) is 4. The molecule has 3 rings (SSSR count). The summed E-state index contributed by atoms with van der Waals surface area (Å²) in [5.41, 5.74) is 1.14. The second-order valence-corrected chi connectivity index (χ2v) is 6.48. The fourth-order valence-electron chi connectivity index (χ4n) is 3.72. The van der Waals surface area contributed by atoms with Gasteiger partial charge in [0.05, 0.1) is 11.7 Å². The normalized spacial score (nSPS) is 24.9. The van der Waals surface area contributed by atoms with Gasteiger partial charge in [-0.2, -0.15) is 0 Å². The molecular weight excluding hydrogens is 248 g/mol. The molecule has 110 valence electrons. The Bertz CT molecular complexity index is 440. The molecule has 1 saturated carbocycles. The number of nitrogens with zero attached hydrogens (tertiary/aromatic N) is 4. The lowest BCUT2D eigenvalue weighted by Crippen LogP contribution is -2.33. The largest absolute Gasteiger partial charge is 0.304 e. The highest BCUT2D eigenvalue weighted by atomic mass is 15.2. The molecule has 0 amide bonds. The van der Waals surface area contributed by atoms with Gasteiger partial charge in [-0.1, -0.05) is 12.8 Å². The predicted octanol–water partition coefficient (Wildman–Crippen LogP) is 2.62. The minimum atomic E-state index is 0.459. The zero-order chi connectivity index (χ0) is 13.9. The second kappa shape index (κ2) is 6.19. The lowest BCUT2D eigenvalue weighted by atomic mass is 10.1. The Morgan fingerprint density at radius 2 is 2.00 bits per heavy atom. The first-order valence-electron chi connectivity index (χ1n) is 7.96. The molecule has 1 saturated heterocycles. The molecular formula is C16H26N4. The van der Waals surface area contributed by atoms with Gasteiger partial charge < -0.3 is 4.90 Å². The van der Waals surface area contributed by atoms with Crippen molar-refractivity contribution >= 4 is 0 Å². The molecule has 2 aliphatic rings. The van der Waals surface area contributed by atoms with Crippen LogP contribution in [0.1, 0.15) is 56.1 Å². The van der Waals surface area contributed by atoms with Gasteiger partial charge in [0, 0.05) is 18.8 Å². The minimum Gasteiger partial charge on any atom is -0.304 e. The third-order valence-electron chi connectivity index (χ3n) is 4.60. The van der Waals surface area contributed by atoms with Gasteiger partial charge in [0.2, 0.25) is 0 Å². The van der Waals surface area contributed by atoms with E-state index in [0.29, 0.717) is 6.04 Å². The first-order valence-corrected chi connectivity index (χ1v) is 7.96. The van der Waals surface area contributed by atoms with Crippen LogP contribution in [-0.4, -0.2) is 46.4 Å². The number of aromatic nitrogens is 2. The lowest BCUT2D eigenvalue weighted by Gasteiger charge is -2.29. The van der Waals surface area contributed by atoms with Crippen LogP contribution in [-0.2, 0) is 6.54 Å². The first kappa shape index (κ1) is 14.0. The Hall–Kier alpha value is -1.00. The molecule has 1 atom stereocenters. The molecule has 1 aromatic heterocycles. The van der Waals surface area contributed by atoms with Crippen molar-refractivity contribution in [2.24, 2.45) is 0 Å². The Morgan fingerprint density at radius 1 is 1.20 bits per heavy atom. The minimum absolute atomic E-state index is 0.459. The molecule has 0 unspecified atom stereocenters. The Kier molecular flexibility index (Phi) is 4.32. The monoisotopic (exact) mass is 274 g/mol. The van der Waals surface area contributed by atoms with Crippen LogP contribution in [0.4, 0.5) is 0 Å². The molecule has 0 N–H and O–H groups in total. The van der Waals surface area contributed by atoms with Crippen LogP contribution in [0.15, 0.2) is 12.3 Å². The van der Waals surface area contributed by atoms with E-state index in [-0.39, 0.29) is 0 Å². The van der Waals surface area contributed by atoms with Crippen LogP contribution in [0.25, 0.3) is 0 Å². The molecule has 1 aliphatic heterocycles. The van der Waals surface area contributed by atoms with Crippen LogP contribution in [0.5, 0.6) is 0 Å². The van der Waals surface area contributed by atoms with Crippen molar-refractivity contribution in [3.05, 3.63) is 23.8 Å². The molecule has 4 heteroatoms. The van der Waals surface area contributed by atoms with E-state index in [1.807, 2.05) is 12.3 Å². The van der Waals surface area contributed by atoms with Crippen LogP contribution in [0, 0.1) is 0 Å². The molecule has 20 heavy (non-hydrogen) atoms. The van der Waals surface area contributed by atoms with Crippen molar-refractivity contribution in [1.82, 2.24) is 19.8 Å². The summed E-state index contributed by atoms with van der Waals surface area (Å²) in [6, 6.07) is 3.28. The van der Waals surface area contributed by atoms with E-state index in [2.05, 4.69) is 28.9 Å². The maximum Gasteiger partial charge on any atom is 0.145 e. The quantitative estimate of drug-likeness (QED) is 0.845. The summed E-state index contributed by atoms with van der Waals surface area (Å²) in [4.78, 5) is 14.2. The molecule has 0 radical (unpaired) electrons. The molecule has 0 bridgehead atoms. The summed E-state index contributed by atoms with van der Waals surface area (Å²) in [6.45, 7) is 2.13. The summed E-state index contributed by atoms with van der Waals surface area (Å²) in [5, 5.41) is 0. The SMILES string of the molecule is CN(C)Cc1ccnc([C@H]2CCCN2C2CCCC2)n1. The van der Waals surface area contributed by atoms with Crippen molar-refractivity contribution in [3.8, 4) is 0 Å². The van der Waals surface area contributed by atoms with Crippen LogP contribution in [0.3, 0.4) is 0 Å². The zero-order valence-electron chi connectivity index (χ0n) is 12.8. The highest BCUT2D eigenvalue weighted by Gasteiger charge is 2.34. The molecule has 4 nitrogen and oxygen atoms in total. The van der Waals surface area contributed by atoms with Gasteiger partial charge in [-0.15, -0.1) is 0 Å². The number of rotatable bonds is 4. The fourth-order valence-corrected chi connectivity index (χ4v) is 3.72. The van der Waals surface area contributed by atoms with E-state index in [4.69, 9.17) is 4.98 Å². The molecule has 2 heterocycles. The molecule has 1 aliphatic carbocycles. The summed E-state index contributed by atoms with van der Waals surface area (Å²) in [7, 11) is 4.17. The van der Waals surface area contributed by atoms with E-state index < -0.39 is 0 Å². The third kappa shape index (κ3) is 3.01. The Balaban J connectivity index is 1.76. The van der Waals surface area contributed by atoms with Gasteiger partial charge in [-0.25, -0.2) is 9.97 Å². The third-order valence-corrected chi connectivity index (χ3v) is 4.60. The van der Waals surface area contributed by atoms with Crippen molar-refractivity contribution in [1.29, 1.82) is 0 Å².